The van der Waals surface area contributed by atoms with Gasteiger partial charge < -0.3 is 4.74 Å². The number of rotatable bonds is 4. The van der Waals surface area contributed by atoms with Crippen molar-refractivity contribution < 1.29 is 14.3 Å². The van der Waals surface area contributed by atoms with Gasteiger partial charge in [0.1, 0.15) is 0 Å². The van der Waals surface area contributed by atoms with Crippen LogP contribution < -0.4 is 0 Å². The molecule has 86 valence electrons. The van der Waals surface area contributed by atoms with Gasteiger partial charge in [-0.3, -0.25) is 4.79 Å². The van der Waals surface area contributed by atoms with E-state index in [1.54, 1.807) is 11.3 Å². The molecule has 0 spiro atoms. The second-order valence-corrected chi connectivity index (χ2v) is 4.63. The van der Waals surface area contributed by atoms with E-state index in [1.807, 2.05) is 24.4 Å². The van der Waals surface area contributed by atoms with Gasteiger partial charge in [0.25, 0.3) is 5.91 Å². The summed E-state index contributed by atoms with van der Waals surface area (Å²) in [5, 5.41) is 1.98. The predicted octanol–water partition coefficient (Wildman–Crippen LogP) is 2.05. The van der Waals surface area contributed by atoms with Crippen LogP contribution in [0.4, 0.5) is 4.79 Å². The highest BCUT2D eigenvalue weighted by molar-refractivity contribution is 7.09. The third kappa shape index (κ3) is 2.09. The van der Waals surface area contributed by atoms with E-state index < -0.39 is 12.2 Å². The largest absolute Gasteiger partial charge is 0.436 e. The van der Waals surface area contributed by atoms with Crippen LogP contribution in [0.25, 0.3) is 0 Å². The van der Waals surface area contributed by atoms with Gasteiger partial charge in [0.15, 0.2) is 6.10 Å². The van der Waals surface area contributed by atoms with Crippen LogP contribution in [0.5, 0.6) is 0 Å². The number of hydrogen-bond acceptors (Lipinski definition) is 4. The number of thiophene rings is 1. The molecule has 4 nitrogen and oxygen atoms in total. The fourth-order valence-corrected chi connectivity index (χ4v) is 2.33. The summed E-state index contributed by atoms with van der Waals surface area (Å²) in [6.45, 7) is 2.24. The molecule has 0 saturated carbocycles. The van der Waals surface area contributed by atoms with Gasteiger partial charge in [-0.25, -0.2) is 9.69 Å². The van der Waals surface area contributed by atoms with Crippen LogP contribution in [-0.2, 0) is 16.0 Å². The molecule has 1 atom stereocenters. The minimum absolute atomic E-state index is 0.205. The van der Waals surface area contributed by atoms with Crippen molar-refractivity contribution in [3.05, 3.63) is 22.4 Å². The minimum Gasteiger partial charge on any atom is -0.436 e. The van der Waals surface area contributed by atoms with Crippen LogP contribution in [0.3, 0.4) is 0 Å². The highest BCUT2D eigenvalue weighted by Crippen LogP contribution is 2.17. The molecular weight excluding hydrogens is 226 g/mol. The summed E-state index contributed by atoms with van der Waals surface area (Å²) < 4.78 is 4.95. The summed E-state index contributed by atoms with van der Waals surface area (Å²) in [5.41, 5.74) is 0. The number of nitrogens with zero attached hydrogens (tertiary/aromatic N) is 1. The van der Waals surface area contributed by atoms with E-state index in [-0.39, 0.29) is 5.91 Å². The second-order valence-electron chi connectivity index (χ2n) is 3.60. The lowest BCUT2D eigenvalue weighted by Gasteiger charge is -2.09. The fourth-order valence-electron chi connectivity index (χ4n) is 1.64. The summed E-state index contributed by atoms with van der Waals surface area (Å²) in [6.07, 6.45) is 0.166. The minimum atomic E-state index is -0.573. The van der Waals surface area contributed by atoms with Crippen molar-refractivity contribution in [2.24, 2.45) is 0 Å². The molecule has 0 aliphatic carbocycles. The zero-order valence-electron chi connectivity index (χ0n) is 9.01. The highest BCUT2D eigenvalue weighted by atomic mass is 32.1. The second kappa shape index (κ2) is 4.65. The molecule has 1 aliphatic rings. The van der Waals surface area contributed by atoms with Crippen molar-refractivity contribution in [3.8, 4) is 0 Å². The van der Waals surface area contributed by atoms with E-state index in [0.29, 0.717) is 19.4 Å². The first kappa shape index (κ1) is 11.1. The van der Waals surface area contributed by atoms with Gasteiger partial charge in [0.2, 0.25) is 0 Å². The van der Waals surface area contributed by atoms with E-state index in [4.69, 9.17) is 4.74 Å². The Labute approximate surface area is 97.8 Å². The lowest BCUT2D eigenvalue weighted by atomic mass is 10.2. The van der Waals surface area contributed by atoms with Crippen LogP contribution in [0.2, 0.25) is 0 Å². The Hall–Kier alpha value is -1.36. The van der Waals surface area contributed by atoms with Crippen molar-refractivity contribution in [1.29, 1.82) is 0 Å². The summed E-state index contributed by atoms with van der Waals surface area (Å²) in [7, 11) is 0. The number of carbonyl (C=O) groups excluding carboxylic acids is 2. The molecule has 2 amide bonds. The molecule has 0 bridgehead atoms. The van der Waals surface area contributed by atoms with Gasteiger partial charge in [0.05, 0.1) is 0 Å². The summed E-state index contributed by atoms with van der Waals surface area (Å²) in [4.78, 5) is 25.5. The number of hydrogen-bond donors (Lipinski definition) is 0. The zero-order valence-corrected chi connectivity index (χ0v) is 9.83. The van der Waals surface area contributed by atoms with Gasteiger partial charge in [0, 0.05) is 17.8 Å². The predicted molar refractivity (Wildman–Crippen MR) is 60.3 cm³/mol. The van der Waals surface area contributed by atoms with E-state index in [2.05, 4.69) is 0 Å². The molecular formula is C11H13NO3S. The van der Waals surface area contributed by atoms with Crippen molar-refractivity contribution in [2.45, 2.75) is 25.9 Å². The molecule has 0 radical (unpaired) electrons. The molecule has 1 aliphatic heterocycles. The average molecular weight is 239 g/mol. The molecule has 0 aromatic carbocycles. The average Bonchev–Trinajstić information content (AvgIpc) is 2.86. The molecule has 1 aromatic heterocycles. The summed E-state index contributed by atoms with van der Waals surface area (Å²) in [6, 6.07) is 3.95. The lowest BCUT2D eigenvalue weighted by Crippen LogP contribution is -2.33. The highest BCUT2D eigenvalue weighted by Gasteiger charge is 2.38. The van der Waals surface area contributed by atoms with Gasteiger partial charge in [-0.05, 0) is 17.9 Å². The van der Waals surface area contributed by atoms with E-state index in [0.717, 1.165) is 0 Å². The standard InChI is InChI=1S/C11H13NO3S/c1-2-9-10(13)12(11(14)15-9)6-5-8-4-3-7-16-8/h3-4,7,9H,2,5-6H2,1H3. The Morgan fingerprint density at radius 1 is 1.50 bits per heavy atom. The first-order valence-corrected chi connectivity index (χ1v) is 6.14. The Morgan fingerprint density at radius 2 is 2.31 bits per heavy atom. The van der Waals surface area contributed by atoms with Gasteiger partial charge in [-0.15, -0.1) is 11.3 Å². The first-order valence-electron chi connectivity index (χ1n) is 5.26. The van der Waals surface area contributed by atoms with E-state index >= 15 is 0 Å². The third-order valence-electron chi connectivity index (χ3n) is 2.54. The lowest BCUT2D eigenvalue weighted by molar-refractivity contribution is -0.129. The van der Waals surface area contributed by atoms with Gasteiger partial charge >= 0.3 is 6.09 Å². The van der Waals surface area contributed by atoms with Crippen molar-refractivity contribution >= 4 is 23.3 Å². The topological polar surface area (TPSA) is 46.6 Å². The number of carbonyl (C=O) groups is 2. The zero-order chi connectivity index (χ0) is 11.5. The van der Waals surface area contributed by atoms with Crippen LogP contribution in [-0.4, -0.2) is 29.5 Å². The monoisotopic (exact) mass is 239 g/mol. The first-order chi connectivity index (χ1) is 7.72. The maximum absolute atomic E-state index is 11.7. The molecule has 16 heavy (non-hydrogen) atoms. The smallest absolute Gasteiger partial charge is 0.417 e. The molecule has 1 aromatic rings. The molecule has 2 heterocycles. The number of imide groups is 1. The quantitative estimate of drug-likeness (QED) is 0.807. The fraction of sp³-hybridized carbons (Fsp3) is 0.455. The van der Waals surface area contributed by atoms with E-state index in [1.165, 1.54) is 9.78 Å². The Kier molecular flexibility index (Phi) is 3.24. The van der Waals surface area contributed by atoms with Crippen LogP contribution in [0.15, 0.2) is 17.5 Å². The third-order valence-corrected chi connectivity index (χ3v) is 3.47. The molecule has 0 N–H and O–H groups in total. The normalized spacial score (nSPS) is 20.3. The number of ether oxygens (including phenoxy) is 1. The Balaban J connectivity index is 1.95. The molecule has 1 saturated heterocycles. The van der Waals surface area contributed by atoms with Crippen LogP contribution in [0.1, 0.15) is 18.2 Å². The molecule has 5 heteroatoms. The SMILES string of the molecule is CCC1OC(=O)N(CCc2cccs2)C1=O. The maximum atomic E-state index is 11.7. The number of amides is 2. The van der Waals surface area contributed by atoms with Crippen molar-refractivity contribution in [1.82, 2.24) is 4.90 Å². The molecule has 1 fully saturated rings. The van der Waals surface area contributed by atoms with Crippen molar-refractivity contribution in [3.63, 3.8) is 0 Å². The van der Waals surface area contributed by atoms with E-state index in [9.17, 15) is 9.59 Å². The van der Waals surface area contributed by atoms with Gasteiger partial charge in [-0.2, -0.15) is 0 Å². The van der Waals surface area contributed by atoms with Crippen LogP contribution in [0, 0.1) is 0 Å². The Morgan fingerprint density at radius 3 is 2.88 bits per heavy atom. The summed E-state index contributed by atoms with van der Waals surface area (Å²) >= 11 is 1.63. The molecule has 2 rings (SSSR count). The molecule has 1 unspecified atom stereocenters. The van der Waals surface area contributed by atoms with Crippen molar-refractivity contribution in [2.75, 3.05) is 6.54 Å². The number of cyclic esters (lactones) is 1. The van der Waals surface area contributed by atoms with Gasteiger partial charge in [-0.1, -0.05) is 13.0 Å². The Bertz CT molecular complexity index is 388. The van der Waals surface area contributed by atoms with Crippen LogP contribution >= 0.6 is 11.3 Å². The maximum Gasteiger partial charge on any atom is 0.417 e. The summed E-state index contributed by atoms with van der Waals surface area (Å²) in [5.74, 6) is -0.205.